The second-order valence-corrected chi connectivity index (χ2v) is 18.6. The van der Waals surface area contributed by atoms with Crippen LogP contribution in [0.4, 0.5) is 17.1 Å². The first-order valence-corrected chi connectivity index (χ1v) is 24.1. The van der Waals surface area contributed by atoms with E-state index in [0.29, 0.717) is 0 Å². The fraction of sp³-hybridized carbons (Fsp3) is 0. The van der Waals surface area contributed by atoms with Gasteiger partial charge < -0.3 is 4.90 Å². The monoisotopic (exact) mass is 881 g/mol. The fourth-order valence-electron chi connectivity index (χ4n) is 10.6. The highest BCUT2D eigenvalue weighted by Gasteiger charge is 2.22. The van der Waals surface area contributed by atoms with Crippen molar-refractivity contribution in [2.75, 3.05) is 4.90 Å². The number of anilines is 3. The molecule has 0 spiro atoms. The van der Waals surface area contributed by atoms with Gasteiger partial charge in [-0.1, -0.05) is 218 Å². The molecule has 0 bridgehead atoms. The average molecular weight is 882 g/mol. The summed E-state index contributed by atoms with van der Waals surface area (Å²) in [6, 6.07) is 95.8. The van der Waals surface area contributed by atoms with Gasteiger partial charge in [0, 0.05) is 37.1 Å². The first kappa shape index (κ1) is 39.8. The molecule has 13 aromatic rings. The molecule has 2 heteroatoms. The molecule has 318 valence electrons. The van der Waals surface area contributed by atoms with Gasteiger partial charge in [0.1, 0.15) is 0 Å². The Bertz CT molecular complexity index is 4010. The van der Waals surface area contributed by atoms with Gasteiger partial charge in [-0.3, -0.25) is 0 Å². The lowest BCUT2D eigenvalue weighted by molar-refractivity contribution is 1.28. The second-order valence-electron chi connectivity index (χ2n) is 17.5. The lowest BCUT2D eigenvalue weighted by Gasteiger charge is -2.29. The molecule has 13 rings (SSSR count). The van der Waals surface area contributed by atoms with E-state index < -0.39 is 0 Å². The highest BCUT2D eigenvalue weighted by Crippen LogP contribution is 2.48. The maximum absolute atomic E-state index is 2.45. The van der Waals surface area contributed by atoms with Gasteiger partial charge in [0.25, 0.3) is 0 Å². The summed E-state index contributed by atoms with van der Waals surface area (Å²) in [6.07, 6.45) is 0. The number of rotatable bonds is 8. The van der Waals surface area contributed by atoms with Crippen molar-refractivity contribution in [3.05, 3.63) is 261 Å². The Morgan fingerprint density at radius 2 is 0.794 bits per heavy atom. The molecule has 0 saturated heterocycles. The Hall–Kier alpha value is -8.56. The molecule has 68 heavy (non-hydrogen) atoms. The van der Waals surface area contributed by atoms with Crippen molar-refractivity contribution in [3.63, 3.8) is 0 Å². The Morgan fingerprint density at radius 1 is 0.265 bits per heavy atom. The minimum Gasteiger partial charge on any atom is -0.310 e. The topological polar surface area (TPSA) is 3.24 Å². The van der Waals surface area contributed by atoms with Gasteiger partial charge in [-0.25, -0.2) is 0 Å². The zero-order valence-corrected chi connectivity index (χ0v) is 38.0. The van der Waals surface area contributed by atoms with E-state index in [4.69, 9.17) is 0 Å². The van der Waals surface area contributed by atoms with Gasteiger partial charge in [0.2, 0.25) is 0 Å². The highest BCUT2D eigenvalue weighted by atomic mass is 32.1. The number of hydrogen-bond acceptors (Lipinski definition) is 2. The third-order valence-electron chi connectivity index (χ3n) is 13.7. The first-order valence-electron chi connectivity index (χ1n) is 23.3. The number of fused-ring (bicyclic) bond motifs is 7. The van der Waals surface area contributed by atoms with Crippen molar-refractivity contribution in [2.24, 2.45) is 0 Å². The predicted molar refractivity (Wildman–Crippen MR) is 294 cm³/mol. The molecule has 1 nitrogen and oxygen atoms in total. The van der Waals surface area contributed by atoms with Crippen LogP contribution in [0, 0.1) is 0 Å². The maximum Gasteiger partial charge on any atom is 0.0540 e. The zero-order valence-electron chi connectivity index (χ0n) is 37.2. The molecular formula is C66H43NS. The van der Waals surface area contributed by atoms with E-state index in [9.17, 15) is 0 Å². The summed E-state index contributed by atoms with van der Waals surface area (Å²) in [6.45, 7) is 0. The quantitative estimate of drug-likeness (QED) is 0.137. The van der Waals surface area contributed by atoms with Crippen LogP contribution in [0.2, 0.25) is 0 Å². The predicted octanol–water partition coefficient (Wildman–Crippen LogP) is 19.3. The van der Waals surface area contributed by atoms with Crippen LogP contribution in [0.15, 0.2) is 261 Å². The van der Waals surface area contributed by atoms with E-state index >= 15 is 0 Å². The van der Waals surface area contributed by atoms with Gasteiger partial charge >= 0.3 is 0 Å². The van der Waals surface area contributed by atoms with Crippen LogP contribution < -0.4 is 4.90 Å². The number of para-hydroxylation sites is 1. The molecule has 0 amide bonds. The standard InChI is InChI=1S/C66H43NS/c1-3-19-46(20-4-1)64-59-30-10-9-28-56(59)57-41-38-49(43-61(57)65(64)47-21-5-2-6-22-47)54-27-11-13-34-62(54)67(50-39-36-45(37-40-50)53-31-16-23-44-18-7-8-26-52(44)53)51-25-15-24-48(42-51)55-32-17-33-60-58-29-12-14-35-63(58)68-66(55)60/h1-43H. The minimum absolute atomic E-state index is 1.08. The summed E-state index contributed by atoms with van der Waals surface area (Å²) in [5.74, 6) is 0. The molecule has 1 aromatic heterocycles. The molecule has 0 aliphatic heterocycles. The molecule has 0 fully saturated rings. The Morgan fingerprint density at radius 3 is 1.60 bits per heavy atom. The van der Waals surface area contributed by atoms with Gasteiger partial charge in [0.05, 0.1) is 5.69 Å². The molecule has 0 N–H and O–H groups in total. The second kappa shape index (κ2) is 16.7. The summed E-state index contributed by atoms with van der Waals surface area (Å²) in [5, 5.41) is 10.1. The summed E-state index contributed by atoms with van der Waals surface area (Å²) < 4.78 is 2.62. The molecule has 12 aromatic carbocycles. The minimum atomic E-state index is 1.08. The normalized spacial score (nSPS) is 11.5. The van der Waals surface area contributed by atoms with Crippen LogP contribution in [-0.4, -0.2) is 0 Å². The third-order valence-corrected chi connectivity index (χ3v) is 14.9. The van der Waals surface area contributed by atoms with Crippen molar-refractivity contribution >= 4 is 80.9 Å². The lowest BCUT2D eigenvalue weighted by Crippen LogP contribution is -2.11. The molecule has 0 radical (unpaired) electrons. The van der Waals surface area contributed by atoms with Crippen molar-refractivity contribution in [2.45, 2.75) is 0 Å². The van der Waals surface area contributed by atoms with Crippen molar-refractivity contribution in [1.29, 1.82) is 0 Å². The van der Waals surface area contributed by atoms with Crippen LogP contribution in [0.3, 0.4) is 0 Å². The molecule has 1 heterocycles. The van der Waals surface area contributed by atoms with Crippen LogP contribution >= 0.6 is 11.3 Å². The van der Waals surface area contributed by atoms with Gasteiger partial charge in [-0.05, 0) is 125 Å². The molecule has 0 atom stereocenters. The fourth-order valence-corrected chi connectivity index (χ4v) is 11.8. The average Bonchev–Trinajstić information content (AvgIpc) is 3.80. The van der Waals surface area contributed by atoms with E-state index in [0.717, 1.165) is 28.2 Å². The van der Waals surface area contributed by atoms with E-state index in [1.807, 2.05) is 11.3 Å². The zero-order chi connectivity index (χ0) is 45.0. The van der Waals surface area contributed by atoms with Crippen LogP contribution in [0.1, 0.15) is 0 Å². The largest absolute Gasteiger partial charge is 0.310 e. The van der Waals surface area contributed by atoms with Gasteiger partial charge in [0.15, 0.2) is 0 Å². The van der Waals surface area contributed by atoms with E-state index in [1.165, 1.54) is 97.0 Å². The molecule has 0 aliphatic rings. The number of hydrogen-bond donors (Lipinski definition) is 0. The van der Waals surface area contributed by atoms with Crippen LogP contribution in [-0.2, 0) is 0 Å². The van der Waals surface area contributed by atoms with Gasteiger partial charge in [-0.2, -0.15) is 0 Å². The summed E-state index contributed by atoms with van der Waals surface area (Å²) in [4.78, 5) is 2.45. The van der Waals surface area contributed by atoms with E-state index in [2.05, 4.69) is 266 Å². The SMILES string of the molecule is c1ccc(-c2c(-c3ccccc3)c3cc(-c4ccccc4N(c4ccc(-c5cccc6ccccc56)cc4)c4cccc(-c5cccc6c5sc5ccccc56)c4)ccc3c3ccccc23)cc1. The Kier molecular flexibility index (Phi) is 9.77. The molecule has 0 saturated carbocycles. The number of nitrogens with zero attached hydrogens (tertiary/aromatic N) is 1. The van der Waals surface area contributed by atoms with Crippen molar-refractivity contribution < 1.29 is 0 Å². The van der Waals surface area contributed by atoms with Crippen molar-refractivity contribution in [3.8, 4) is 55.6 Å². The van der Waals surface area contributed by atoms with Crippen molar-refractivity contribution in [1.82, 2.24) is 0 Å². The smallest absolute Gasteiger partial charge is 0.0540 e. The molecule has 0 aliphatic carbocycles. The Balaban J connectivity index is 1.03. The lowest BCUT2D eigenvalue weighted by atomic mass is 9.84. The Labute approximate surface area is 400 Å². The highest BCUT2D eigenvalue weighted by molar-refractivity contribution is 7.26. The van der Waals surface area contributed by atoms with E-state index in [-0.39, 0.29) is 0 Å². The molecular weight excluding hydrogens is 839 g/mol. The number of thiophene rings is 1. The van der Waals surface area contributed by atoms with Gasteiger partial charge in [-0.15, -0.1) is 11.3 Å². The number of benzene rings is 12. The summed E-state index contributed by atoms with van der Waals surface area (Å²) >= 11 is 1.88. The summed E-state index contributed by atoms with van der Waals surface area (Å²) in [5.41, 5.74) is 15.3. The first-order chi connectivity index (χ1) is 33.7. The maximum atomic E-state index is 2.45. The third kappa shape index (κ3) is 6.77. The summed E-state index contributed by atoms with van der Waals surface area (Å²) in [7, 11) is 0. The van der Waals surface area contributed by atoms with E-state index in [1.54, 1.807) is 0 Å². The van der Waals surface area contributed by atoms with Crippen LogP contribution in [0.5, 0.6) is 0 Å². The molecule has 0 unspecified atom stereocenters. The van der Waals surface area contributed by atoms with Crippen LogP contribution in [0.25, 0.3) is 108 Å².